The van der Waals surface area contributed by atoms with Gasteiger partial charge < -0.3 is 43.2 Å². The van der Waals surface area contributed by atoms with Crippen LogP contribution in [0.5, 0.6) is 0 Å². The number of phosphoric acid groups is 1. The average molecular weight is 880 g/mol. The molecule has 0 aromatic rings. The zero-order valence-electron chi connectivity index (χ0n) is 38.2. The topological polar surface area (TPSA) is 172 Å². The van der Waals surface area contributed by atoms with Crippen LogP contribution in [0.25, 0.3) is 0 Å². The molecule has 0 heterocycles. The van der Waals surface area contributed by atoms with E-state index < -0.39 is 57.4 Å². The Balaban J connectivity index is 4.70. The summed E-state index contributed by atoms with van der Waals surface area (Å²) in [5.41, 5.74) is 0. The summed E-state index contributed by atoms with van der Waals surface area (Å²) in [5, 5.41) is 30.5. The molecule has 0 radical (unpaired) electrons. The third kappa shape index (κ3) is 40.9. The molecule has 0 aliphatic carbocycles. The van der Waals surface area contributed by atoms with E-state index in [4.69, 9.17) is 18.5 Å². The summed E-state index contributed by atoms with van der Waals surface area (Å²) in [5.74, 6) is -1.18. The Hall–Kier alpha value is -2.93. The normalized spacial score (nSPS) is 15.9. The van der Waals surface area contributed by atoms with Crippen LogP contribution in [0.3, 0.4) is 0 Å². The number of unbranched alkanes of at least 4 members (excludes halogenated alkanes) is 10. The maximum absolute atomic E-state index is 12.7. The number of hydrogen-bond donors (Lipinski definition) is 3. The van der Waals surface area contributed by atoms with Gasteiger partial charge in [-0.3, -0.25) is 14.2 Å². The van der Waals surface area contributed by atoms with Gasteiger partial charge >= 0.3 is 11.9 Å². The van der Waals surface area contributed by atoms with Crippen LogP contribution in [0, 0.1) is 0 Å². The van der Waals surface area contributed by atoms with Crippen molar-refractivity contribution in [2.45, 2.75) is 160 Å². The molecule has 61 heavy (non-hydrogen) atoms. The molecule has 12 nitrogen and oxygen atoms in total. The van der Waals surface area contributed by atoms with Crippen molar-refractivity contribution in [1.82, 2.24) is 0 Å². The van der Waals surface area contributed by atoms with Gasteiger partial charge in [-0.05, 0) is 64.2 Å². The maximum Gasteiger partial charge on any atom is 0.306 e. The SMILES string of the molecule is CC/C=C\C[C@H](O)/C=C/C=C/C=C\C=C/[C@@H](O)[C@H](O)CCCC(=O)O[C@H](COC(=O)CCCCCCCCC/C=C\C/C=C\CCCCC)COP(=O)([O-])OCC[N+](C)(C)C. The first kappa shape index (κ1) is 58.1. The number of carbonyl (C=O) groups is 2. The fraction of sp³-hybridized carbons (Fsp3) is 0.667. The summed E-state index contributed by atoms with van der Waals surface area (Å²) in [6.45, 7) is 3.57. The summed E-state index contributed by atoms with van der Waals surface area (Å²) in [6, 6.07) is 0. The van der Waals surface area contributed by atoms with Crippen molar-refractivity contribution in [2.75, 3.05) is 47.5 Å². The molecule has 13 heteroatoms. The van der Waals surface area contributed by atoms with Crippen molar-refractivity contribution in [3.05, 3.63) is 85.1 Å². The summed E-state index contributed by atoms with van der Waals surface area (Å²) < 4.78 is 33.6. The molecule has 0 bridgehead atoms. The lowest BCUT2D eigenvalue weighted by molar-refractivity contribution is -0.870. The molecule has 0 spiro atoms. The highest BCUT2D eigenvalue weighted by atomic mass is 31.2. The number of allylic oxidation sites excluding steroid dienone is 11. The number of phosphoric ester groups is 1. The molecule has 0 aliphatic rings. The monoisotopic (exact) mass is 880 g/mol. The fourth-order valence-electron chi connectivity index (χ4n) is 5.55. The molecule has 0 saturated heterocycles. The number of carbonyl (C=O) groups excluding carboxylic acids is 2. The number of likely N-dealkylation sites (N-methyl/N-ethyl adjacent to an activating group) is 1. The van der Waals surface area contributed by atoms with Crippen molar-refractivity contribution in [3.8, 4) is 0 Å². The second-order valence-corrected chi connectivity index (χ2v) is 17.7. The molecular weight excluding hydrogens is 797 g/mol. The molecule has 0 saturated carbocycles. The number of rotatable bonds is 39. The Kier molecular flexibility index (Phi) is 36.9. The van der Waals surface area contributed by atoms with Gasteiger partial charge in [-0.25, -0.2) is 0 Å². The summed E-state index contributed by atoms with van der Waals surface area (Å²) >= 11 is 0. The van der Waals surface area contributed by atoms with Crippen LogP contribution < -0.4 is 4.89 Å². The van der Waals surface area contributed by atoms with Gasteiger partial charge in [0, 0.05) is 12.8 Å². The first-order chi connectivity index (χ1) is 29.2. The standard InChI is InChI=1S/C48H82NO11P/c1-6-8-10-11-12-13-14-15-16-17-18-19-20-21-22-27-31-37-47(53)57-41-44(42-59-61(55,56)58-40-39-49(3,4)5)60-48(54)38-32-36-46(52)45(51)35-30-26-24-23-25-29-34-43(50)33-28-9-7-2/h9,12-13,15-16,23-26,28-30,34-35,43-46,50-52H,6-8,10-11,14,17-22,27,31-33,36-42H2,1-5H3/b13-12-,16-15-,25-23+,26-24-,28-9-,34-29+,35-30-/t43-,44+,45+,46+/m0/s1. The Bertz CT molecular complexity index is 1370. The summed E-state index contributed by atoms with van der Waals surface area (Å²) in [7, 11) is 0.927. The molecule has 3 N–H and O–H groups in total. The minimum absolute atomic E-state index is 0.0888. The summed E-state index contributed by atoms with van der Waals surface area (Å²) in [4.78, 5) is 37.6. The number of nitrogens with zero attached hydrogens (tertiary/aromatic N) is 1. The van der Waals surface area contributed by atoms with Gasteiger partial charge in [0.15, 0.2) is 6.10 Å². The lowest BCUT2D eigenvalue weighted by Crippen LogP contribution is -2.37. The summed E-state index contributed by atoms with van der Waals surface area (Å²) in [6.07, 6.45) is 38.4. The number of quaternary nitrogens is 1. The van der Waals surface area contributed by atoms with E-state index in [2.05, 4.69) is 31.2 Å². The van der Waals surface area contributed by atoms with Crippen molar-refractivity contribution >= 4 is 19.8 Å². The molecule has 0 fully saturated rings. The van der Waals surface area contributed by atoms with Crippen LogP contribution in [0.1, 0.15) is 136 Å². The number of aliphatic hydroxyl groups is 3. The van der Waals surface area contributed by atoms with Crippen LogP contribution in [0.4, 0.5) is 0 Å². The second-order valence-electron chi connectivity index (χ2n) is 16.2. The van der Waals surface area contributed by atoms with E-state index >= 15 is 0 Å². The van der Waals surface area contributed by atoms with Gasteiger partial charge in [-0.2, -0.15) is 0 Å². The number of hydrogen-bond acceptors (Lipinski definition) is 11. The van der Waals surface area contributed by atoms with E-state index in [1.807, 2.05) is 40.2 Å². The Morgan fingerprint density at radius 2 is 1.26 bits per heavy atom. The molecular formula is C48H82NO11P. The van der Waals surface area contributed by atoms with E-state index in [0.29, 0.717) is 23.9 Å². The van der Waals surface area contributed by atoms with Gasteiger partial charge in [-0.15, -0.1) is 0 Å². The molecule has 0 amide bonds. The zero-order chi connectivity index (χ0) is 45.5. The zero-order valence-corrected chi connectivity index (χ0v) is 39.1. The number of esters is 2. The first-order valence-corrected chi connectivity index (χ1v) is 24.1. The Morgan fingerprint density at radius 3 is 1.90 bits per heavy atom. The fourth-order valence-corrected chi connectivity index (χ4v) is 6.28. The smallest absolute Gasteiger partial charge is 0.306 e. The molecule has 0 aromatic heterocycles. The largest absolute Gasteiger partial charge is 0.756 e. The van der Waals surface area contributed by atoms with E-state index in [1.165, 1.54) is 44.6 Å². The van der Waals surface area contributed by atoms with Crippen molar-refractivity contribution in [2.24, 2.45) is 0 Å². The average Bonchev–Trinajstić information content (AvgIpc) is 3.20. The van der Waals surface area contributed by atoms with Crippen molar-refractivity contribution in [1.29, 1.82) is 0 Å². The number of ether oxygens (including phenoxy) is 2. The lowest BCUT2D eigenvalue weighted by atomic mass is 10.1. The predicted octanol–water partition coefficient (Wildman–Crippen LogP) is 9.08. The van der Waals surface area contributed by atoms with E-state index in [1.54, 1.807) is 42.5 Å². The van der Waals surface area contributed by atoms with Crippen molar-refractivity contribution < 1.29 is 57.4 Å². The highest BCUT2D eigenvalue weighted by molar-refractivity contribution is 7.45. The van der Waals surface area contributed by atoms with E-state index in [0.717, 1.165) is 44.9 Å². The highest BCUT2D eigenvalue weighted by Gasteiger charge is 2.22. The Labute approximate surface area is 369 Å². The van der Waals surface area contributed by atoms with Crippen LogP contribution >= 0.6 is 7.82 Å². The van der Waals surface area contributed by atoms with Gasteiger partial charge in [0.1, 0.15) is 19.8 Å². The number of aliphatic hydroxyl groups excluding tert-OH is 3. The Morgan fingerprint density at radius 1 is 0.672 bits per heavy atom. The molecule has 0 rings (SSSR count). The van der Waals surface area contributed by atoms with Crippen LogP contribution in [0.15, 0.2) is 85.1 Å². The van der Waals surface area contributed by atoms with Gasteiger partial charge in [0.05, 0.1) is 46.1 Å². The van der Waals surface area contributed by atoms with Gasteiger partial charge in [-0.1, -0.05) is 144 Å². The molecule has 0 aliphatic heterocycles. The molecule has 5 atom stereocenters. The van der Waals surface area contributed by atoms with Crippen molar-refractivity contribution in [3.63, 3.8) is 0 Å². The first-order valence-electron chi connectivity index (χ1n) is 22.6. The van der Waals surface area contributed by atoms with E-state index in [9.17, 15) is 34.4 Å². The highest BCUT2D eigenvalue weighted by Crippen LogP contribution is 2.38. The second kappa shape index (κ2) is 38.7. The third-order valence-electron chi connectivity index (χ3n) is 9.24. The van der Waals surface area contributed by atoms with E-state index in [-0.39, 0.29) is 32.3 Å². The quantitative estimate of drug-likeness (QED) is 0.0134. The maximum atomic E-state index is 12.7. The van der Waals surface area contributed by atoms with Crippen LogP contribution in [0.2, 0.25) is 0 Å². The third-order valence-corrected chi connectivity index (χ3v) is 10.2. The predicted molar refractivity (Wildman–Crippen MR) is 244 cm³/mol. The minimum atomic E-state index is -4.73. The molecule has 1 unspecified atom stereocenters. The van der Waals surface area contributed by atoms with Crippen LogP contribution in [-0.2, 0) is 32.7 Å². The molecule has 0 aromatic carbocycles. The minimum Gasteiger partial charge on any atom is -0.756 e. The molecule has 350 valence electrons. The van der Waals surface area contributed by atoms with Gasteiger partial charge in [0.2, 0.25) is 0 Å². The lowest BCUT2D eigenvalue weighted by Gasteiger charge is -2.28. The van der Waals surface area contributed by atoms with Gasteiger partial charge in [0.25, 0.3) is 7.82 Å². The van der Waals surface area contributed by atoms with Crippen LogP contribution in [-0.4, -0.2) is 104 Å².